The zero-order chi connectivity index (χ0) is 16.1. The van der Waals surface area contributed by atoms with Gasteiger partial charge in [0.05, 0.1) is 25.7 Å². The lowest BCUT2D eigenvalue weighted by atomic mass is 10.0. The van der Waals surface area contributed by atoms with E-state index in [9.17, 15) is 14.4 Å². The molecule has 0 aromatic heterocycles. The highest BCUT2D eigenvalue weighted by Crippen LogP contribution is 2.27. The Labute approximate surface area is 127 Å². The molecule has 0 bridgehead atoms. The summed E-state index contributed by atoms with van der Waals surface area (Å²) in [5.41, 5.74) is 0.277. The number of fused-ring (bicyclic) bond motifs is 1. The van der Waals surface area contributed by atoms with Crippen molar-refractivity contribution in [2.45, 2.75) is 13.3 Å². The van der Waals surface area contributed by atoms with Crippen molar-refractivity contribution in [3.05, 3.63) is 42.0 Å². The van der Waals surface area contributed by atoms with Crippen LogP contribution in [0.4, 0.5) is 0 Å². The van der Waals surface area contributed by atoms with Crippen LogP contribution in [0.2, 0.25) is 0 Å². The Kier molecular flexibility index (Phi) is 4.88. The number of hydrogen-bond donors (Lipinski definition) is 0. The van der Waals surface area contributed by atoms with Crippen LogP contribution in [0.25, 0.3) is 10.8 Å². The van der Waals surface area contributed by atoms with E-state index in [1.54, 1.807) is 19.1 Å². The number of ketones is 2. The van der Waals surface area contributed by atoms with Crippen LogP contribution >= 0.6 is 0 Å². The normalized spacial score (nSPS) is 10.3. The van der Waals surface area contributed by atoms with Gasteiger partial charge in [-0.05, 0) is 29.8 Å². The quantitative estimate of drug-likeness (QED) is 0.355. The second kappa shape index (κ2) is 6.85. The van der Waals surface area contributed by atoms with Crippen molar-refractivity contribution in [3.63, 3.8) is 0 Å². The van der Waals surface area contributed by atoms with Crippen LogP contribution in [0.3, 0.4) is 0 Å². The second-order valence-corrected chi connectivity index (χ2v) is 4.64. The fourth-order valence-electron chi connectivity index (χ4n) is 2.13. The lowest BCUT2D eigenvalue weighted by Crippen LogP contribution is -2.20. The van der Waals surface area contributed by atoms with Crippen molar-refractivity contribution in [1.82, 2.24) is 0 Å². The van der Waals surface area contributed by atoms with Crippen molar-refractivity contribution >= 4 is 28.3 Å². The SMILES string of the molecule is CCOC(=O)C(=O)CC(=O)c1cc2ccccc2cc1OC. The molecule has 114 valence electrons. The van der Waals surface area contributed by atoms with Gasteiger partial charge in [-0.25, -0.2) is 4.79 Å². The Morgan fingerprint density at radius 1 is 1.05 bits per heavy atom. The highest BCUT2D eigenvalue weighted by Gasteiger charge is 2.22. The van der Waals surface area contributed by atoms with Crippen LogP contribution in [-0.4, -0.2) is 31.3 Å². The summed E-state index contributed by atoms with van der Waals surface area (Å²) in [5, 5.41) is 1.78. The van der Waals surface area contributed by atoms with E-state index in [-0.39, 0.29) is 12.2 Å². The molecule has 5 heteroatoms. The van der Waals surface area contributed by atoms with E-state index in [0.717, 1.165) is 10.8 Å². The second-order valence-electron chi connectivity index (χ2n) is 4.64. The predicted octanol–water partition coefficient (Wildman–Crippen LogP) is 2.55. The molecule has 2 aromatic carbocycles. The van der Waals surface area contributed by atoms with E-state index in [1.807, 2.05) is 24.3 Å². The van der Waals surface area contributed by atoms with Crippen molar-refractivity contribution in [3.8, 4) is 5.75 Å². The molecule has 0 saturated heterocycles. The van der Waals surface area contributed by atoms with Crippen LogP contribution in [0.1, 0.15) is 23.7 Å². The molecule has 0 heterocycles. The lowest BCUT2D eigenvalue weighted by molar-refractivity contribution is -0.153. The maximum Gasteiger partial charge on any atom is 0.375 e. The third kappa shape index (κ3) is 3.31. The van der Waals surface area contributed by atoms with Gasteiger partial charge < -0.3 is 9.47 Å². The topological polar surface area (TPSA) is 69.7 Å². The van der Waals surface area contributed by atoms with E-state index >= 15 is 0 Å². The Morgan fingerprint density at radius 2 is 1.68 bits per heavy atom. The van der Waals surface area contributed by atoms with Crippen molar-refractivity contribution < 1.29 is 23.9 Å². The molecule has 2 aromatic rings. The molecule has 0 aliphatic carbocycles. The van der Waals surface area contributed by atoms with Gasteiger partial charge in [0.1, 0.15) is 5.75 Å². The summed E-state index contributed by atoms with van der Waals surface area (Å²) < 4.78 is 9.81. The summed E-state index contributed by atoms with van der Waals surface area (Å²) >= 11 is 0. The van der Waals surface area contributed by atoms with E-state index < -0.39 is 24.0 Å². The molecule has 0 amide bonds. The number of esters is 1. The first-order valence-corrected chi connectivity index (χ1v) is 6.86. The molecule has 0 fully saturated rings. The number of rotatable bonds is 6. The Hall–Kier alpha value is -2.69. The molecule has 0 radical (unpaired) electrons. The summed E-state index contributed by atoms with van der Waals surface area (Å²) in [6, 6.07) is 10.9. The molecule has 5 nitrogen and oxygen atoms in total. The number of methoxy groups -OCH3 is 1. The summed E-state index contributed by atoms with van der Waals surface area (Å²) in [4.78, 5) is 35.2. The summed E-state index contributed by atoms with van der Waals surface area (Å²) in [6.07, 6.45) is -0.534. The molecule has 0 spiro atoms. The zero-order valence-electron chi connectivity index (χ0n) is 12.4. The van der Waals surface area contributed by atoms with Gasteiger partial charge in [0.2, 0.25) is 5.78 Å². The zero-order valence-corrected chi connectivity index (χ0v) is 12.4. The molecular formula is C17H16O5. The predicted molar refractivity (Wildman–Crippen MR) is 81.1 cm³/mol. The molecule has 0 atom stereocenters. The van der Waals surface area contributed by atoms with E-state index in [1.165, 1.54) is 7.11 Å². The minimum atomic E-state index is -0.990. The summed E-state index contributed by atoms with van der Waals surface area (Å²) in [6.45, 7) is 1.69. The third-order valence-corrected chi connectivity index (χ3v) is 3.19. The lowest BCUT2D eigenvalue weighted by Gasteiger charge is -2.09. The fourth-order valence-corrected chi connectivity index (χ4v) is 2.13. The van der Waals surface area contributed by atoms with Crippen LogP contribution in [0.15, 0.2) is 36.4 Å². The first kappa shape index (κ1) is 15.7. The Balaban J connectivity index is 2.30. The van der Waals surface area contributed by atoms with E-state index in [0.29, 0.717) is 5.75 Å². The molecule has 0 N–H and O–H groups in total. The smallest absolute Gasteiger partial charge is 0.375 e. The molecule has 22 heavy (non-hydrogen) atoms. The van der Waals surface area contributed by atoms with Gasteiger partial charge in [0, 0.05) is 0 Å². The monoisotopic (exact) mass is 300 g/mol. The number of hydrogen-bond acceptors (Lipinski definition) is 5. The maximum absolute atomic E-state index is 12.3. The molecule has 0 aliphatic rings. The van der Waals surface area contributed by atoms with E-state index in [2.05, 4.69) is 4.74 Å². The number of benzene rings is 2. The first-order chi connectivity index (χ1) is 10.6. The third-order valence-electron chi connectivity index (χ3n) is 3.19. The molecule has 0 unspecified atom stereocenters. The van der Waals surface area contributed by atoms with Gasteiger partial charge >= 0.3 is 5.97 Å². The van der Waals surface area contributed by atoms with Gasteiger partial charge in [-0.15, -0.1) is 0 Å². The minimum absolute atomic E-state index is 0.0953. The Morgan fingerprint density at radius 3 is 2.27 bits per heavy atom. The van der Waals surface area contributed by atoms with Crippen LogP contribution in [-0.2, 0) is 14.3 Å². The Bertz CT molecular complexity index is 733. The van der Waals surface area contributed by atoms with Gasteiger partial charge in [-0.3, -0.25) is 9.59 Å². The largest absolute Gasteiger partial charge is 0.496 e. The van der Waals surface area contributed by atoms with Crippen LogP contribution in [0.5, 0.6) is 5.75 Å². The van der Waals surface area contributed by atoms with Gasteiger partial charge in [0.25, 0.3) is 0 Å². The highest BCUT2D eigenvalue weighted by molar-refractivity contribution is 6.38. The van der Waals surface area contributed by atoms with Gasteiger partial charge in [-0.1, -0.05) is 24.3 Å². The van der Waals surface area contributed by atoms with Crippen LogP contribution in [0, 0.1) is 0 Å². The number of Topliss-reactive ketones (excluding diaryl/α,β-unsaturated/α-hetero) is 2. The molecule has 2 rings (SSSR count). The first-order valence-electron chi connectivity index (χ1n) is 6.86. The summed E-state index contributed by atoms with van der Waals surface area (Å²) in [5.74, 6) is -1.95. The minimum Gasteiger partial charge on any atom is -0.496 e. The standard InChI is InChI=1S/C17H16O5/c1-3-22-17(20)15(19)10-14(18)13-8-11-6-4-5-7-12(11)9-16(13)21-2/h4-9H,3,10H2,1-2H3. The van der Waals surface area contributed by atoms with Gasteiger partial charge in [0.15, 0.2) is 5.78 Å². The van der Waals surface area contributed by atoms with Crippen molar-refractivity contribution in [2.75, 3.05) is 13.7 Å². The fraction of sp³-hybridized carbons (Fsp3) is 0.235. The van der Waals surface area contributed by atoms with E-state index in [4.69, 9.17) is 4.74 Å². The molecule has 0 aliphatic heterocycles. The number of ether oxygens (including phenoxy) is 2. The number of carbonyl (C=O) groups excluding carboxylic acids is 3. The van der Waals surface area contributed by atoms with Crippen molar-refractivity contribution in [2.24, 2.45) is 0 Å². The average molecular weight is 300 g/mol. The molecular weight excluding hydrogens is 284 g/mol. The van der Waals surface area contributed by atoms with Gasteiger partial charge in [-0.2, -0.15) is 0 Å². The maximum atomic E-state index is 12.3. The summed E-state index contributed by atoms with van der Waals surface area (Å²) in [7, 11) is 1.45. The van der Waals surface area contributed by atoms with Crippen LogP contribution < -0.4 is 4.74 Å². The number of carbonyl (C=O) groups is 3. The molecule has 0 saturated carbocycles. The highest BCUT2D eigenvalue weighted by atomic mass is 16.5. The average Bonchev–Trinajstić information content (AvgIpc) is 2.53. The van der Waals surface area contributed by atoms with Crippen molar-refractivity contribution in [1.29, 1.82) is 0 Å².